The molecule has 0 saturated heterocycles. The van der Waals surface area contributed by atoms with Crippen LogP contribution in [0.4, 0.5) is 0 Å². The molecule has 0 fully saturated rings. The van der Waals surface area contributed by atoms with E-state index < -0.39 is 18.0 Å². The highest BCUT2D eigenvalue weighted by Crippen LogP contribution is 2.33. The number of aliphatic hydroxyl groups excluding tert-OH is 1. The minimum Gasteiger partial charge on any atom is -0.481 e. The van der Waals surface area contributed by atoms with Crippen molar-refractivity contribution in [3.8, 4) is 11.1 Å². The van der Waals surface area contributed by atoms with E-state index >= 15 is 0 Å². The number of hydrogen-bond donors (Lipinski definition) is 2. The van der Waals surface area contributed by atoms with Gasteiger partial charge in [-0.15, -0.1) is 0 Å². The average Bonchev–Trinajstić information content (AvgIpc) is 2.74. The normalized spacial score (nSPS) is 13.0. The van der Waals surface area contributed by atoms with E-state index in [2.05, 4.69) is 0 Å². The predicted octanol–water partition coefficient (Wildman–Crippen LogP) is 6.15. The van der Waals surface area contributed by atoms with Crippen molar-refractivity contribution < 1.29 is 15.0 Å². The van der Waals surface area contributed by atoms with Crippen molar-refractivity contribution in [2.75, 3.05) is 0 Å². The van der Waals surface area contributed by atoms with Crippen LogP contribution in [0.25, 0.3) is 11.1 Å². The van der Waals surface area contributed by atoms with Crippen LogP contribution in [0, 0.1) is 5.92 Å². The molecule has 29 heavy (non-hydrogen) atoms. The van der Waals surface area contributed by atoms with Crippen molar-refractivity contribution >= 4 is 17.6 Å². The second-order valence-corrected chi connectivity index (χ2v) is 7.70. The Balaban J connectivity index is 1.69. The summed E-state index contributed by atoms with van der Waals surface area (Å²) in [6.07, 6.45) is 1.48. The van der Waals surface area contributed by atoms with Gasteiger partial charge in [0.1, 0.15) is 0 Å². The van der Waals surface area contributed by atoms with Gasteiger partial charge in [-0.1, -0.05) is 78.3 Å². The molecule has 0 bridgehead atoms. The maximum atomic E-state index is 11.8. The number of hydrogen-bond acceptors (Lipinski definition) is 2. The molecule has 2 unspecified atom stereocenters. The lowest BCUT2D eigenvalue weighted by Crippen LogP contribution is -2.18. The number of rotatable bonds is 9. The van der Waals surface area contributed by atoms with Crippen LogP contribution in [-0.4, -0.2) is 16.2 Å². The van der Waals surface area contributed by atoms with Crippen LogP contribution in [0.3, 0.4) is 0 Å². The number of carboxylic acids is 1. The number of halogens is 1. The lowest BCUT2D eigenvalue weighted by Gasteiger charge is -2.20. The first-order valence-corrected chi connectivity index (χ1v) is 10.2. The van der Waals surface area contributed by atoms with Gasteiger partial charge >= 0.3 is 5.97 Å². The summed E-state index contributed by atoms with van der Waals surface area (Å²) in [5.74, 6) is -1.45. The zero-order valence-corrected chi connectivity index (χ0v) is 16.9. The molecule has 0 radical (unpaired) electrons. The van der Waals surface area contributed by atoms with Crippen molar-refractivity contribution in [3.63, 3.8) is 0 Å². The first kappa shape index (κ1) is 21.1. The first-order valence-electron chi connectivity index (χ1n) is 9.84. The van der Waals surface area contributed by atoms with E-state index in [0.717, 1.165) is 29.5 Å². The second kappa shape index (κ2) is 10.2. The van der Waals surface area contributed by atoms with Crippen molar-refractivity contribution in [1.29, 1.82) is 0 Å². The average molecular weight is 409 g/mol. The maximum Gasteiger partial charge on any atom is 0.306 e. The molecular formula is C25H25ClO3. The smallest absolute Gasteiger partial charge is 0.306 e. The molecule has 0 amide bonds. The van der Waals surface area contributed by atoms with E-state index in [9.17, 15) is 15.0 Å². The molecule has 3 nitrogen and oxygen atoms in total. The highest BCUT2D eigenvalue weighted by molar-refractivity contribution is 6.30. The summed E-state index contributed by atoms with van der Waals surface area (Å²) in [4.78, 5) is 11.8. The Kier molecular flexibility index (Phi) is 7.45. The van der Waals surface area contributed by atoms with Crippen LogP contribution >= 0.6 is 11.6 Å². The van der Waals surface area contributed by atoms with E-state index in [1.807, 2.05) is 78.9 Å². The number of carbonyl (C=O) groups is 1. The van der Waals surface area contributed by atoms with Gasteiger partial charge in [0.2, 0.25) is 0 Å². The van der Waals surface area contributed by atoms with Gasteiger partial charge in [-0.25, -0.2) is 0 Å². The summed E-state index contributed by atoms with van der Waals surface area (Å²) >= 11 is 5.98. The fourth-order valence-electron chi connectivity index (χ4n) is 3.62. The van der Waals surface area contributed by atoms with Crippen LogP contribution in [0.1, 0.15) is 36.5 Å². The van der Waals surface area contributed by atoms with Crippen molar-refractivity contribution in [2.24, 2.45) is 5.92 Å². The summed E-state index contributed by atoms with van der Waals surface area (Å²) in [6, 6.07) is 25.0. The van der Waals surface area contributed by atoms with Crippen molar-refractivity contribution in [1.82, 2.24) is 0 Å². The summed E-state index contributed by atoms with van der Waals surface area (Å²) in [6.45, 7) is 0. The summed E-state index contributed by atoms with van der Waals surface area (Å²) in [5.41, 5.74) is 3.78. The van der Waals surface area contributed by atoms with Crippen molar-refractivity contribution in [2.45, 2.75) is 31.8 Å². The van der Waals surface area contributed by atoms with Gasteiger partial charge in [0.15, 0.2) is 0 Å². The molecule has 3 aromatic rings. The standard InChI is InChI=1S/C25H25ClO3/c26-21-15-13-19(14-16-21)22-11-4-5-12-23(22)24(27)17-20(25(28)29)10-6-9-18-7-2-1-3-8-18/h1-5,7-8,11-16,20,24,27H,6,9-10,17H2,(H,28,29). The molecule has 150 valence electrons. The third-order valence-electron chi connectivity index (χ3n) is 5.19. The van der Waals surface area contributed by atoms with Crippen molar-refractivity contribution in [3.05, 3.63) is 95.0 Å². The Hall–Kier alpha value is -2.62. The molecule has 0 aromatic heterocycles. The van der Waals surface area contributed by atoms with E-state index in [1.54, 1.807) is 0 Å². The Morgan fingerprint density at radius 2 is 1.55 bits per heavy atom. The minimum atomic E-state index is -0.860. The zero-order valence-electron chi connectivity index (χ0n) is 16.2. The predicted molar refractivity (Wildman–Crippen MR) is 117 cm³/mol. The Bertz CT molecular complexity index is 922. The largest absolute Gasteiger partial charge is 0.481 e. The number of benzene rings is 3. The van der Waals surface area contributed by atoms with Crippen LogP contribution in [0.5, 0.6) is 0 Å². The van der Waals surface area contributed by atoms with E-state index in [0.29, 0.717) is 11.4 Å². The molecule has 4 heteroatoms. The number of aliphatic hydroxyl groups is 1. The van der Waals surface area contributed by atoms with Crippen LogP contribution < -0.4 is 0 Å². The van der Waals surface area contributed by atoms with Crippen LogP contribution in [-0.2, 0) is 11.2 Å². The zero-order chi connectivity index (χ0) is 20.6. The third kappa shape index (κ3) is 5.93. The second-order valence-electron chi connectivity index (χ2n) is 7.26. The van der Waals surface area contributed by atoms with Gasteiger partial charge in [0.25, 0.3) is 0 Å². The molecule has 0 heterocycles. The molecule has 3 rings (SSSR count). The first-order chi connectivity index (χ1) is 14.0. The highest BCUT2D eigenvalue weighted by atomic mass is 35.5. The van der Waals surface area contributed by atoms with Gasteiger partial charge < -0.3 is 10.2 Å². The SMILES string of the molecule is O=C(O)C(CCCc1ccccc1)CC(O)c1ccccc1-c1ccc(Cl)cc1. The fraction of sp³-hybridized carbons (Fsp3) is 0.240. The molecule has 2 N–H and O–H groups in total. The van der Waals surface area contributed by atoms with E-state index in [1.165, 1.54) is 5.56 Å². The van der Waals surface area contributed by atoms with Crippen LogP contribution in [0.2, 0.25) is 5.02 Å². The molecule has 0 saturated carbocycles. The number of aliphatic carboxylic acids is 1. The monoisotopic (exact) mass is 408 g/mol. The summed E-state index contributed by atoms with van der Waals surface area (Å²) in [7, 11) is 0. The molecule has 0 aliphatic rings. The van der Waals surface area contributed by atoms with Gasteiger partial charge in [0.05, 0.1) is 12.0 Å². The lowest BCUT2D eigenvalue weighted by atomic mass is 9.88. The van der Waals surface area contributed by atoms with Gasteiger partial charge in [-0.2, -0.15) is 0 Å². The quantitative estimate of drug-likeness (QED) is 0.446. The molecule has 0 aliphatic carbocycles. The molecule has 2 atom stereocenters. The molecular weight excluding hydrogens is 384 g/mol. The number of aryl methyl sites for hydroxylation is 1. The molecule has 3 aromatic carbocycles. The Morgan fingerprint density at radius 1 is 0.897 bits per heavy atom. The van der Waals surface area contributed by atoms with Gasteiger partial charge in [-0.05, 0) is 60.1 Å². The van der Waals surface area contributed by atoms with E-state index in [-0.39, 0.29) is 6.42 Å². The van der Waals surface area contributed by atoms with Gasteiger partial charge in [0, 0.05) is 5.02 Å². The fourth-order valence-corrected chi connectivity index (χ4v) is 3.74. The van der Waals surface area contributed by atoms with E-state index in [4.69, 9.17) is 11.6 Å². The molecule has 0 spiro atoms. The third-order valence-corrected chi connectivity index (χ3v) is 5.44. The molecule has 0 aliphatic heterocycles. The Morgan fingerprint density at radius 3 is 2.24 bits per heavy atom. The minimum absolute atomic E-state index is 0.189. The summed E-state index contributed by atoms with van der Waals surface area (Å²) < 4.78 is 0. The summed E-state index contributed by atoms with van der Waals surface area (Å²) in [5, 5.41) is 21.2. The lowest BCUT2D eigenvalue weighted by molar-refractivity contribution is -0.143. The van der Waals surface area contributed by atoms with Gasteiger partial charge in [-0.3, -0.25) is 4.79 Å². The number of carboxylic acid groups (broad SMARTS) is 1. The Labute approximate surface area is 176 Å². The topological polar surface area (TPSA) is 57.5 Å². The highest BCUT2D eigenvalue weighted by Gasteiger charge is 2.23. The maximum absolute atomic E-state index is 11.8. The van der Waals surface area contributed by atoms with Crippen LogP contribution in [0.15, 0.2) is 78.9 Å².